The number of nitrogens with two attached hydrogens (primary N) is 2. The van der Waals surface area contributed by atoms with Gasteiger partial charge in [0.25, 0.3) is 5.91 Å². The van der Waals surface area contributed by atoms with E-state index in [4.69, 9.17) is 11.5 Å². The highest BCUT2D eigenvalue weighted by atomic mass is 16.2. The molecular formula is C22H28N4O2. The average Bonchev–Trinajstić information content (AvgIpc) is 2.68. The highest BCUT2D eigenvalue weighted by Gasteiger charge is 2.23. The first-order valence-corrected chi connectivity index (χ1v) is 9.66. The second-order valence-corrected chi connectivity index (χ2v) is 7.55. The monoisotopic (exact) mass is 380 g/mol. The molecule has 0 radical (unpaired) electrons. The molecule has 1 unspecified atom stereocenters. The molecule has 6 heteroatoms. The Balaban J connectivity index is 1.59. The van der Waals surface area contributed by atoms with Gasteiger partial charge in [-0.3, -0.25) is 14.5 Å². The third-order valence-corrected chi connectivity index (χ3v) is 5.26. The number of piperidine rings is 1. The Labute approximate surface area is 165 Å². The Bertz CT molecular complexity index is 865. The zero-order valence-electron chi connectivity index (χ0n) is 16.3. The summed E-state index contributed by atoms with van der Waals surface area (Å²) in [5, 5.41) is 2.97. The minimum absolute atomic E-state index is 0.0576. The van der Waals surface area contributed by atoms with E-state index in [9.17, 15) is 9.59 Å². The number of nitrogens with zero attached hydrogens (tertiary/aromatic N) is 1. The lowest BCUT2D eigenvalue weighted by Gasteiger charge is -2.31. The number of nitrogen functional groups attached to an aromatic ring is 1. The topological polar surface area (TPSA) is 101 Å². The van der Waals surface area contributed by atoms with E-state index in [1.807, 2.05) is 25.1 Å². The fourth-order valence-corrected chi connectivity index (χ4v) is 3.69. The maximum Gasteiger partial charge on any atom is 0.251 e. The molecule has 2 aromatic carbocycles. The molecule has 1 fully saturated rings. The van der Waals surface area contributed by atoms with Crippen molar-refractivity contribution in [2.24, 2.45) is 11.7 Å². The Morgan fingerprint density at radius 1 is 1.18 bits per heavy atom. The highest BCUT2D eigenvalue weighted by Crippen LogP contribution is 2.19. The van der Waals surface area contributed by atoms with Gasteiger partial charge in [0.1, 0.15) is 0 Å². The molecule has 2 aromatic rings. The van der Waals surface area contributed by atoms with E-state index < -0.39 is 0 Å². The Morgan fingerprint density at radius 2 is 1.96 bits per heavy atom. The molecule has 0 aliphatic carbocycles. The highest BCUT2D eigenvalue weighted by molar-refractivity contribution is 5.96. The number of hydrogen-bond acceptors (Lipinski definition) is 4. The number of anilines is 1. The van der Waals surface area contributed by atoms with Crippen LogP contribution in [0.2, 0.25) is 0 Å². The maximum atomic E-state index is 12.5. The van der Waals surface area contributed by atoms with Crippen molar-refractivity contribution in [3.05, 3.63) is 64.7 Å². The zero-order valence-corrected chi connectivity index (χ0v) is 16.3. The second-order valence-electron chi connectivity index (χ2n) is 7.55. The second kappa shape index (κ2) is 8.89. The summed E-state index contributed by atoms with van der Waals surface area (Å²) < 4.78 is 0. The number of hydrogen-bond donors (Lipinski definition) is 3. The molecule has 0 saturated carbocycles. The van der Waals surface area contributed by atoms with Gasteiger partial charge in [0.05, 0.1) is 5.92 Å². The van der Waals surface area contributed by atoms with Crippen LogP contribution in [0.3, 0.4) is 0 Å². The van der Waals surface area contributed by atoms with Gasteiger partial charge < -0.3 is 16.8 Å². The maximum absolute atomic E-state index is 12.5. The number of carbonyl (C=O) groups is 2. The van der Waals surface area contributed by atoms with Crippen LogP contribution in [0.5, 0.6) is 0 Å². The van der Waals surface area contributed by atoms with Crippen molar-refractivity contribution < 1.29 is 9.59 Å². The quantitative estimate of drug-likeness (QED) is 0.669. The third kappa shape index (κ3) is 5.10. The van der Waals surface area contributed by atoms with Crippen molar-refractivity contribution in [1.82, 2.24) is 10.2 Å². The fraction of sp³-hybridized carbons (Fsp3) is 0.364. The average molecular weight is 380 g/mol. The van der Waals surface area contributed by atoms with E-state index in [-0.39, 0.29) is 17.7 Å². The number of benzene rings is 2. The van der Waals surface area contributed by atoms with Crippen molar-refractivity contribution in [2.75, 3.05) is 18.8 Å². The van der Waals surface area contributed by atoms with E-state index in [1.54, 1.807) is 12.1 Å². The SMILES string of the molecule is Cc1ccc(N)cc1C(=O)NCc1cccc(CN2CCCC(C(N)=O)C2)c1. The summed E-state index contributed by atoms with van der Waals surface area (Å²) in [6, 6.07) is 13.5. The number of likely N-dealkylation sites (tertiary alicyclic amines) is 1. The Morgan fingerprint density at radius 3 is 2.75 bits per heavy atom. The van der Waals surface area contributed by atoms with Gasteiger partial charge in [-0.15, -0.1) is 0 Å². The number of primary amides is 1. The summed E-state index contributed by atoms with van der Waals surface area (Å²) in [6.45, 7) is 4.81. The lowest BCUT2D eigenvalue weighted by Crippen LogP contribution is -2.40. The van der Waals surface area contributed by atoms with Crippen LogP contribution in [-0.4, -0.2) is 29.8 Å². The molecule has 1 atom stereocenters. The lowest BCUT2D eigenvalue weighted by atomic mass is 9.97. The molecule has 1 heterocycles. The summed E-state index contributed by atoms with van der Waals surface area (Å²) in [5.74, 6) is -0.397. The molecule has 2 amide bonds. The lowest BCUT2D eigenvalue weighted by molar-refractivity contribution is -0.123. The van der Waals surface area contributed by atoms with E-state index in [1.165, 1.54) is 0 Å². The van der Waals surface area contributed by atoms with Crippen LogP contribution in [-0.2, 0) is 17.9 Å². The van der Waals surface area contributed by atoms with Gasteiger partial charge in [-0.25, -0.2) is 0 Å². The van der Waals surface area contributed by atoms with Crippen LogP contribution >= 0.6 is 0 Å². The first-order valence-electron chi connectivity index (χ1n) is 9.66. The van der Waals surface area contributed by atoms with Gasteiger partial charge in [-0.1, -0.05) is 30.3 Å². The van der Waals surface area contributed by atoms with Crippen LogP contribution < -0.4 is 16.8 Å². The predicted octanol–water partition coefficient (Wildman–Crippen LogP) is 2.20. The smallest absolute Gasteiger partial charge is 0.251 e. The summed E-state index contributed by atoms with van der Waals surface area (Å²) in [7, 11) is 0. The first-order chi connectivity index (χ1) is 13.4. The largest absolute Gasteiger partial charge is 0.399 e. The molecule has 148 valence electrons. The molecule has 28 heavy (non-hydrogen) atoms. The first kappa shape index (κ1) is 19.9. The van der Waals surface area contributed by atoms with Gasteiger partial charge in [0.2, 0.25) is 5.91 Å². The molecule has 0 aromatic heterocycles. The summed E-state index contributed by atoms with van der Waals surface area (Å²) in [4.78, 5) is 26.2. The molecule has 6 nitrogen and oxygen atoms in total. The summed E-state index contributed by atoms with van der Waals surface area (Å²) in [5.41, 5.74) is 15.5. The Kier molecular flexibility index (Phi) is 6.31. The van der Waals surface area contributed by atoms with E-state index in [0.717, 1.165) is 42.6 Å². The minimum atomic E-state index is -0.210. The standard InChI is InChI=1S/C22H28N4O2/c1-15-7-8-19(23)11-20(15)22(28)25-12-16-4-2-5-17(10-16)13-26-9-3-6-18(14-26)21(24)27/h2,4-5,7-8,10-11,18H,3,6,9,12-14,23H2,1H3,(H2,24,27)(H,25,28). The molecule has 5 N–H and O–H groups in total. The van der Waals surface area contributed by atoms with Crippen LogP contribution in [0.4, 0.5) is 5.69 Å². The van der Waals surface area contributed by atoms with E-state index in [0.29, 0.717) is 24.3 Å². The van der Waals surface area contributed by atoms with Crippen LogP contribution in [0, 0.1) is 12.8 Å². The van der Waals surface area contributed by atoms with Crippen molar-refractivity contribution in [2.45, 2.75) is 32.9 Å². The molecular weight excluding hydrogens is 352 g/mol. The number of nitrogens with one attached hydrogen (secondary N) is 1. The van der Waals surface area contributed by atoms with Gasteiger partial charge in [-0.05, 0) is 55.1 Å². The van der Waals surface area contributed by atoms with Gasteiger partial charge in [0.15, 0.2) is 0 Å². The molecule has 1 aliphatic rings. The van der Waals surface area contributed by atoms with Gasteiger partial charge in [0, 0.05) is 30.9 Å². The van der Waals surface area contributed by atoms with Crippen molar-refractivity contribution in [3.8, 4) is 0 Å². The molecule has 1 saturated heterocycles. The minimum Gasteiger partial charge on any atom is -0.399 e. The normalized spacial score (nSPS) is 17.2. The van der Waals surface area contributed by atoms with Gasteiger partial charge >= 0.3 is 0 Å². The number of amides is 2. The van der Waals surface area contributed by atoms with Crippen molar-refractivity contribution in [3.63, 3.8) is 0 Å². The van der Waals surface area contributed by atoms with E-state index >= 15 is 0 Å². The number of carbonyl (C=O) groups excluding carboxylic acids is 2. The zero-order chi connectivity index (χ0) is 20.1. The third-order valence-electron chi connectivity index (χ3n) is 5.26. The Hall–Kier alpha value is -2.86. The van der Waals surface area contributed by atoms with Crippen molar-refractivity contribution in [1.29, 1.82) is 0 Å². The van der Waals surface area contributed by atoms with Crippen LogP contribution in [0.15, 0.2) is 42.5 Å². The predicted molar refractivity (Wildman–Crippen MR) is 110 cm³/mol. The molecule has 3 rings (SSSR count). The van der Waals surface area contributed by atoms with Crippen LogP contribution in [0.25, 0.3) is 0 Å². The van der Waals surface area contributed by atoms with Crippen molar-refractivity contribution >= 4 is 17.5 Å². The number of rotatable bonds is 6. The summed E-state index contributed by atoms with van der Waals surface area (Å²) in [6.07, 6.45) is 1.87. The van der Waals surface area contributed by atoms with E-state index in [2.05, 4.69) is 22.3 Å². The molecule has 1 aliphatic heterocycles. The summed E-state index contributed by atoms with van der Waals surface area (Å²) >= 11 is 0. The fourth-order valence-electron chi connectivity index (χ4n) is 3.69. The van der Waals surface area contributed by atoms with Crippen LogP contribution in [0.1, 0.15) is 39.9 Å². The molecule has 0 bridgehead atoms. The molecule has 0 spiro atoms. The van der Waals surface area contributed by atoms with Gasteiger partial charge in [-0.2, -0.15) is 0 Å². The number of aryl methyl sites for hydroxylation is 1.